The van der Waals surface area contributed by atoms with E-state index < -0.39 is 0 Å². The predicted molar refractivity (Wildman–Crippen MR) is 84.6 cm³/mol. The van der Waals surface area contributed by atoms with E-state index in [-0.39, 0.29) is 6.04 Å². The van der Waals surface area contributed by atoms with E-state index in [9.17, 15) is 0 Å². The van der Waals surface area contributed by atoms with Gasteiger partial charge >= 0.3 is 0 Å². The fourth-order valence-corrected chi connectivity index (χ4v) is 2.43. The summed E-state index contributed by atoms with van der Waals surface area (Å²) in [5.74, 6) is 1.06. The van der Waals surface area contributed by atoms with Crippen molar-refractivity contribution in [2.45, 2.75) is 26.4 Å². The van der Waals surface area contributed by atoms with Crippen molar-refractivity contribution in [3.8, 4) is 0 Å². The minimum Gasteiger partial charge on any atom is -0.370 e. The summed E-state index contributed by atoms with van der Waals surface area (Å²) in [6.45, 7) is 4.13. The number of aliphatic imine (C=N–C) groups is 1. The molecule has 0 unspecified atom stereocenters. The highest BCUT2D eigenvalue weighted by molar-refractivity contribution is 6.35. The Balaban J connectivity index is 1.99. The number of benzene rings is 1. The zero-order valence-corrected chi connectivity index (χ0v) is 13.2. The van der Waals surface area contributed by atoms with Crippen LogP contribution in [0.3, 0.4) is 0 Å². The molecule has 1 atom stereocenters. The van der Waals surface area contributed by atoms with E-state index in [4.69, 9.17) is 33.5 Å². The van der Waals surface area contributed by atoms with Crippen molar-refractivity contribution < 1.29 is 4.52 Å². The molecule has 2 rings (SSSR count). The molecule has 0 aliphatic rings. The Morgan fingerprint density at radius 2 is 2.19 bits per heavy atom. The molecule has 1 heterocycles. The van der Waals surface area contributed by atoms with Crippen molar-refractivity contribution in [2.24, 2.45) is 10.7 Å². The van der Waals surface area contributed by atoms with Crippen LogP contribution in [0, 0.1) is 6.92 Å². The molecule has 5 nitrogen and oxygen atoms in total. The van der Waals surface area contributed by atoms with Crippen LogP contribution in [0.25, 0.3) is 0 Å². The maximum absolute atomic E-state index is 6.16. The number of aromatic nitrogens is 1. The molecule has 0 aliphatic carbocycles. The van der Waals surface area contributed by atoms with Crippen molar-refractivity contribution in [3.05, 3.63) is 51.3 Å². The van der Waals surface area contributed by atoms with Crippen molar-refractivity contribution >= 4 is 29.2 Å². The molecule has 0 saturated heterocycles. The number of nitrogens with one attached hydrogen (secondary N) is 1. The van der Waals surface area contributed by atoms with E-state index in [1.54, 1.807) is 12.1 Å². The molecule has 1 aromatic heterocycles. The zero-order chi connectivity index (χ0) is 15.4. The Kier molecular flexibility index (Phi) is 5.09. The molecule has 0 bridgehead atoms. The minimum atomic E-state index is -0.0856. The summed E-state index contributed by atoms with van der Waals surface area (Å²) in [5, 5.41) is 8.10. The molecular formula is C14H16Cl2N4O. The molecule has 0 saturated carbocycles. The largest absolute Gasteiger partial charge is 0.370 e. The fourth-order valence-electron chi connectivity index (χ4n) is 1.86. The highest BCUT2D eigenvalue weighted by atomic mass is 35.5. The van der Waals surface area contributed by atoms with Crippen LogP contribution in [0.5, 0.6) is 0 Å². The average molecular weight is 327 g/mol. The number of nitrogens with zero attached hydrogens (tertiary/aromatic N) is 2. The van der Waals surface area contributed by atoms with Gasteiger partial charge in [0.25, 0.3) is 0 Å². The Morgan fingerprint density at radius 1 is 1.43 bits per heavy atom. The third-order valence-electron chi connectivity index (χ3n) is 2.88. The number of hydrogen-bond acceptors (Lipinski definition) is 3. The number of guanidine groups is 1. The number of rotatable bonds is 4. The first-order valence-corrected chi connectivity index (χ1v) is 7.15. The lowest BCUT2D eigenvalue weighted by Gasteiger charge is -2.16. The highest BCUT2D eigenvalue weighted by Crippen LogP contribution is 2.25. The van der Waals surface area contributed by atoms with Crippen molar-refractivity contribution in [1.82, 2.24) is 10.5 Å². The number of nitrogens with two attached hydrogens (primary N) is 1. The lowest BCUT2D eigenvalue weighted by atomic mass is 10.1. The average Bonchev–Trinajstić information content (AvgIpc) is 2.82. The van der Waals surface area contributed by atoms with Gasteiger partial charge in [-0.15, -0.1) is 0 Å². The lowest BCUT2D eigenvalue weighted by molar-refractivity contribution is 0.391. The Hall–Kier alpha value is -1.72. The quantitative estimate of drug-likeness (QED) is 0.666. The van der Waals surface area contributed by atoms with E-state index in [2.05, 4.69) is 15.5 Å². The molecule has 7 heteroatoms. The molecule has 0 radical (unpaired) electrons. The molecule has 0 fully saturated rings. The van der Waals surface area contributed by atoms with Crippen LogP contribution in [0.1, 0.15) is 30.0 Å². The summed E-state index contributed by atoms with van der Waals surface area (Å²) >= 11 is 12.0. The van der Waals surface area contributed by atoms with Gasteiger partial charge < -0.3 is 15.6 Å². The first-order valence-electron chi connectivity index (χ1n) is 6.39. The summed E-state index contributed by atoms with van der Waals surface area (Å²) in [5.41, 5.74) is 7.49. The summed E-state index contributed by atoms with van der Waals surface area (Å²) in [4.78, 5) is 4.21. The monoisotopic (exact) mass is 326 g/mol. The molecule has 0 amide bonds. The molecule has 112 valence electrons. The third-order valence-corrected chi connectivity index (χ3v) is 3.44. The number of halogens is 2. The lowest BCUT2D eigenvalue weighted by Crippen LogP contribution is -2.34. The minimum absolute atomic E-state index is 0.0856. The molecular weight excluding hydrogens is 311 g/mol. The predicted octanol–water partition coefficient (Wildman–Crippen LogP) is 3.46. The van der Waals surface area contributed by atoms with Crippen LogP contribution >= 0.6 is 23.2 Å². The maximum atomic E-state index is 6.16. The SMILES string of the molecule is Cc1cc(CN=C(N)N[C@H](C)c2ccc(Cl)cc2Cl)no1. The van der Waals surface area contributed by atoms with Crippen LogP contribution in [0.4, 0.5) is 0 Å². The van der Waals surface area contributed by atoms with Crippen molar-refractivity contribution in [1.29, 1.82) is 0 Å². The fraction of sp³-hybridized carbons (Fsp3) is 0.286. The van der Waals surface area contributed by atoms with E-state index in [0.29, 0.717) is 22.5 Å². The van der Waals surface area contributed by atoms with E-state index in [0.717, 1.165) is 17.0 Å². The molecule has 0 spiro atoms. The molecule has 1 aromatic carbocycles. The van der Waals surface area contributed by atoms with Gasteiger partial charge in [0.2, 0.25) is 0 Å². The van der Waals surface area contributed by atoms with E-state index in [1.165, 1.54) is 0 Å². The Bertz CT molecular complexity index is 654. The second kappa shape index (κ2) is 6.83. The molecule has 3 N–H and O–H groups in total. The van der Waals surface area contributed by atoms with E-state index in [1.807, 2.05) is 26.0 Å². The number of hydrogen-bond donors (Lipinski definition) is 2. The molecule has 21 heavy (non-hydrogen) atoms. The summed E-state index contributed by atoms with van der Waals surface area (Å²) in [6, 6.07) is 7.07. The number of aryl methyl sites for hydroxylation is 1. The highest BCUT2D eigenvalue weighted by Gasteiger charge is 2.10. The zero-order valence-electron chi connectivity index (χ0n) is 11.7. The van der Waals surface area contributed by atoms with Gasteiger partial charge in [0, 0.05) is 16.1 Å². The van der Waals surface area contributed by atoms with Gasteiger partial charge in [0.05, 0.1) is 12.6 Å². The Morgan fingerprint density at radius 3 is 2.81 bits per heavy atom. The second-order valence-electron chi connectivity index (χ2n) is 4.66. The summed E-state index contributed by atoms with van der Waals surface area (Å²) < 4.78 is 4.96. The second-order valence-corrected chi connectivity index (χ2v) is 5.51. The van der Waals surface area contributed by atoms with Gasteiger partial charge in [0.15, 0.2) is 5.96 Å². The summed E-state index contributed by atoms with van der Waals surface area (Å²) in [7, 11) is 0. The van der Waals surface area contributed by atoms with Crippen LogP contribution in [-0.2, 0) is 6.54 Å². The van der Waals surface area contributed by atoms with Crippen LogP contribution in [0.2, 0.25) is 10.0 Å². The molecule has 2 aromatic rings. The molecule has 0 aliphatic heterocycles. The standard InChI is InChI=1S/C14H16Cl2N4O/c1-8-5-11(20-21-8)7-18-14(17)19-9(2)12-4-3-10(15)6-13(12)16/h3-6,9H,7H2,1-2H3,(H3,17,18,19)/t9-/m1/s1. The third kappa shape index (κ3) is 4.37. The van der Waals surface area contributed by atoms with E-state index >= 15 is 0 Å². The van der Waals surface area contributed by atoms with Gasteiger partial charge in [-0.2, -0.15) is 0 Å². The first-order chi connectivity index (χ1) is 9.95. The van der Waals surface area contributed by atoms with Gasteiger partial charge in [-0.3, -0.25) is 0 Å². The van der Waals surface area contributed by atoms with Crippen molar-refractivity contribution in [2.75, 3.05) is 0 Å². The van der Waals surface area contributed by atoms with Crippen LogP contribution in [-0.4, -0.2) is 11.1 Å². The van der Waals surface area contributed by atoms with Gasteiger partial charge in [-0.25, -0.2) is 4.99 Å². The maximum Gasteiger partial charge on any atom is 0.189 e. The van der Waals surface area contributed by atoms with Gasteiger partial charge in [-0.05, 0) is 31.5 Å². The van der Waals surface area contributed by atoms with Gasteiger partial charge in [-0.1, -0.05) is 34.4 Å². The summed E-state index contributed by atoms with van der Waals surface area (Å²) in [6.07, 6.45) is 0. The topological polar surface area (TPSA) is 76.4 Å². The van der Waals surface area contributed by atoms with Crippen LogP contribution < -0.4 is 11.1 Å². The normalized spacial score (nSPS) is 13.2. The van der Waals surface area contributed by atoms with Crippen LogP contribution in [0.15, 0.2) is 33.8 Å². The Labute approximate surface area is 133 Å². The van der Waals surface area contributed by atoms with Crippen molar-refractivity contribution in [3.63, 3.8) is 0 Å². The van der Waals surface area contributed by atoms with Gasteiger partial charge in [0.1, 0.15) is 11.5 Å². The smallest absolute Gasteiger partial charge is 0.189 e. The first kappa shape index (κ1) is 15.7.